The minimum atomic E-state index is 0.329. The summed E-state index contributed by atoms with van der Waals surface area (Å²) in [6, 6.07) is 0.329. The summed E-state index contributed by atoms with van der Waals surface area (Å²) in [5.41, 5.74) is 5.84. The van der Waals surface area contributed by atoms with Crippen molar-refractivity contribution in [2.24, 2.45) is 11.7 Å². The number of likely N-dealkylation sites (tertiary alicyclic amines) is 2. The van der Waals surface area contributed by atoms with Gasteiger partial charge in [0, 0.05) is 19.1 Å². The summed E-state index contributed by atoms with van der Waals surface area (Å²) >= 11 is 0. The van der Waals surface area contributed by atoms with Gasteiger partial charge < -0.3 is 15.5 Å². The maximum Gasteiger partial charge on any atom is 0.0139 e. The normalized spacial score (nSPS) is 27.4. The van der Waals surface area contributed by atoms with E-state index < -0.39 is 0 Å². The second-order valence-electron chi connectivity index (χ2n) is 5.73. The molecular formula is C13H27N3. The maximum atomic E-state index is 5.84. The average molecular weight is 225 g/mol. The number of nitrogens with two attached hydrogens (primary N) is 1. The SMILES string of the molecule is CC(N)CN1CCC(CN2CCCC2)CC1. The van der Waals surface area contributed by atoms with Crippen molar-refractivity contribution in [1.82, 2.24) is 9.80 Å². The Morgan fingerprint density at radius 2 is 1.69 bits per heavy atom. The van der Waals surface area contributed by atoms with Crippen molar-refractivity contribution in [3.63, 3.8) is 0 Å². The molecule has 3 nitrogen and oxygen atoms in total. The topological polar surface area (TPSA) is 32.5 Å². The van der Waals surface area contributed by atoms with Gasteiger partial charge in [-0.2, -0.15) is 0 Å². The van der Waals surface area contributed by atoms with Crippen molar-refractivity contribution in [3.8, 4) is 0 Å². The molecule has 1 atom stereocenters. The van der Waals surface area contributed by atoms with Crippen LogP contribution in [0.25, 0.3) is 0 Å². The molecule has 0 amide bonds. The molecule has 2 N–H and O–H groups in total. The Balaban J connectivity index is 1.64. The standard InChI is InChI=1S/C13H27N3/c1-12(14)10-16-8-4-13(5-9-16)11-15-6-2-3-7-15/h12-13H,2-11,14H2,1H3. The van der Waals surface area contributed by atoms with Crippen molar-refractivity contribution in [2.75, 3.05) is 39.3 Å². The lowest BCUT2D eigenvalue weighted by molar-refractivity contribution is 0.150. The molecule has 2 heterocycles. The molecule has 0 aromatic carbocycles. The lowest BCUT2D eigenvalue weighted by Gasteiger charge is -2.34. The fourth-order valence-corrected chi connectivity index (χ4v) is 3.09. The molecule has 0 aromatic heterocycles. The highest BCUT2D eigenvalue weighted by Gasteiger charge is 2.22. The van der Waals surface area contributed by atoms with Crippen LogP contribution in [0, 0.1) is 5.92 Å². The summed E-state index contributed by atoms with van der Waals surface area (Å²) in [5, 5.41) is 0. The zero-order chi connectivity index (χ0) is 11.4. The summed E-state index contributed by atoms with van der Waals surface area (Å²) in [4.78, 5) is 5.19. The molecular weight excluding hydrogens is 198 g/mol. The second kappa shape index (κ2) is 5.99. The molecule has 2 fully saturated rings. The summed E-state index contributed by atoms with van der Waals surface area (Å²) in [5.74, 6) is 0.947. The van der Waals surface area contributed by atoms with E-state index in [4.69, 9.17) is 5.73 Å². The maximum absolute atomic E-state index is 5.84. The first-order valence-electron chi connectivity index (χ1n) is 6.94. The minimum absolute atomic E-state index is 0.329. The second-order valence-corrected chi connectivity index (χ2v) is 5.73. The van der Waals surface area contributed by atoms with Crippen LogP contribution in [0.3, 0.4) is 0 Å². The fraction of sp³-hybridized carbons (Fsp3) is 1.00. The van der Waals surface area contributed by atoms with Crippen molar-refractivity contribution in [1.29, 1.82) is 0 Å². The number of rotatable bonds is 4. The van der Waals surface area contributed by atoms with Crippen molar-refractivity contribution < 1.29 is 0 Å². The van der Waals surface area contributed by atoms with Gasteiger partial charge in [-0.15, -0.1) is 0 Å². The van der Waals surface area contributed by atoms with Crippen molar-refractivity contribution in [3.05, 3.63) is 0 Å². The lowest BCUT2D eigenvalue weighted by Crippen LogP contribution is -2.42. The number of hydrogen-bond acceptors (Lipinski definition) is 3. The van der Waals surface area contributed by atoms with Crippen LogP contribution >= 0.6 is 0 Å². The van der Waals surface area contributed by atoms with Crippen LogP contribution in [0.2, 0.25) is 0 Å². The van der Waals surface area contributed by atoms with E-state index in [-0.39, 0.29) is 0 Å². The molecule has 0 spiro atoms. The van der Waals surface area contributed by atoms with E-state index in [1.807, 2.05) is 0 Å². The van der Waals surface area contributed by atoms with E-state index in [0.717, 1.165) is 12.5 Å². The predicted octanol–water partition coefficient (Wildman–Crippen LogP) is 1.14. The number of hydrogen-bond donors (Lipinski definition) is 1. The third kappa shape index (κ3) is 3.72. The molecule has 0 radical (unpaired) electrons. The van der Waals surface area contributed by atoms with E-state index in [1.165, 1.54) is 58.4 Å². The Kier molecular flexibility index (Phi) is 4.62. The van der Waals surface area contributed by atoms with Crippen LogP contribution in [0.5, 0.6) is 0 Å². The zero-order valence-corrected chi connectivity index (χ0v) is 10.7. The smallest absolute Gasteiger partial charge is 0.0139 e. The number of piperidine rings is 1. The molecule has 16 heavy (non-hydrogen) atoms. The quantitative estimate of drug-likeness (QED) is 0.779. The molecule has 2 aliphatic heterocycles. The van der Waals surface area contributed by atoms with Gasteiger partial charge in [-0.3, -0.25) is 0 Å². The average Bonchev–Trinajstić information content (AvgIpc) is 2.73. The first-order valence-corrected chi connectivity index (χ1v) is 6.94. The summed E-state index contributed by atoms with van der Waals surface area (Å²) < 4.78 is 0. The highest BCUT2D eigenvalue weighted by molar-refractivity contribution is 4.78. The van der Waals surface area contributed by atoms with Gasteiger partial charge in [0.1, 0.15) is 0 Å². The first kappa shape index (κ1) is 12.3. The van der Waals surface area contributed by atoms with Crippen LogP contribution in [-0.2, 0) is 0 Å². The van der Waals surface area contributed by atoms with Gasteiger partial charge in [0.25, 0.3) is 0 Å². The van der Waals surface area contributed by atoms with E-state index in [1.54, 1.807) is 0 Å². The first-order chi connectivity index (χ1) is 7.74. The van der Waals surface area contributed by atoms with Crippen molar-refractivity contribution >= 4 is 0 Å². The van der Waals surface area contributed by atoms with Gasteiger partial charge in [0.2, 0.25) is 0 Å². The molecule has 0 bridgehead atoms. The van der Waals surface area contributed by atoms with E-state index in [0.29, 0.717) is 6.04 Å². The summed E-state index contributed by atoms with van der Waals surface area (Å²) in [7, 11) is 0. The highest BCUT2D eigenvalue weighted by Crippen LogP contribution is 2.20. The Morgan fingerprint density at radius 3 is 2.25 bits per heavy atom. The van der Waals surface area contributed by atoms with Crippen molar-refractivity contribution in [2.45, 2.75) is 38.6 Å². The third-order valence-electron chi connectivity index (χ3n) is 3.97. The lowest BCUT2D eigenvalue weighted by atomic mass is 9.96. The third-order valence-corrected chi connectivity index (χ3v) is 3.97. The van der Waals surface area contributed by atoms with Gasteiger partial charge in [-0.05, 0) is 64.7 Å². The van der Waals surface area contributed by atoms with E-state index >= 15 is 0 Å². The Bertz CT molecular complexity index is 191. The molecule has 2 saturated heterocycles. The largest absolute Gasteiger partial charge is 0.327 e. The fourth-order valence-electron chi connectivity index (χ4n) is 3.09. The van der Waals surface area contributed by atoms with E-state index in [2.05, 4.69) is 16.7 Å². The molecule has 2 aliphatic rings. The van der Waals surface area contributed by atoms with Crippen LogP contribution in [-0.4, -0.2) is 55.1 Å². The number of nitrogens with zero attached hydrogens (tertiary/aromatic N) is 2. The van der Waals surface area contributed by atoms with Crippen LogP contribution in [0.1, 0.15) is 32.6 Å². The monoisotopic (exact) mass is 225 g/mol. The van der Waals surface area contributed by atoms with Crippen LogP contribution in [0.15, 0.2) is 0 Å². The molecule has 3 heteroatoms. The molecule has 0 aliphatic carbocycles. The van der Waals surface area contributed by atoms with Crippen LogP contribution < -0.4 is 5.73 Å². The van der Waals surface area contributed by atoms with Crippen LogP contribution in [0.4, 0.5) is 0 Å². The van der Waals surface area contributed by atoms with E-state index in [9.17, 15) is 0 Å². The molecule has 1 unspecified atom stereocenters. The highest BCUT2D eigenvalue weighted by atomic mass is 15.2. The Morgan fingerprint density at radius 1 is 1.06 bits per heavy atom. The van der Waals surface area contributed by atoms with Gasteiger partial charge in [-0.25, -0.2) is 0 Å². The van der Waals surface area contributed by atoms with Gasteiger partial charge >= 0.3 is 0 Å². The zero-order valence-electron chi connectivity index (χ0n) is 10.7. The molecule has 94 valence electrons. The Hall–Kier alpha value is -0.120. The van der Waals surface area contributed by atoms with Gasteiger partial charge in [0.15, 0.2) is 0 Å². The minimum Gasteiger partial charge on any atom is -0.327 e. The predicted molar refractivity (Wildman–Crippen MR) is 68.5 cm³/mol. The summed E-state index contributed by atoms with van der Waals surface area (Å²) in [6.07, 6.45) is 5.60. The van der Waals surface area contributed by atoms with Gasteiger partial charge in [0.05, 0.1) is 0 Å². The molecule has 0 aromatic rings. The Labute approximate surface area is 100.0 Å². The summed E-state index contributed by atoms with van der Waals surface area (Å²) in [6.45, 7) is 9.76. The molecule has 0 saturated carbocycles. The van der Waals surface area contributed by atoms with Gasteiger partial charge in [-0.1, -0.05) is 0 Å². The molecule has 2 rings (SSSR count).